The van der Waals surface area contributed by atoms with Crippen molar-refractivity contribution < 1.29 is 18.0 Å². The van der Waals surface area contributed by atoms with E-state index < -0.39 is 17.7 Å². The molecule has 0 saturated carbocycles. The van der Waals surface area contributed by atoms with Crippen molar-refractivity contribution in [1.29, 1.82) is 0 Å². The van der Waals surface area contributed by atoms with Crippen LogP contribution in [-0.2, 0) is 13.2 Å². The monoisotopic (exact) mass is 506 g/mol. The van der Waals surface area contributed by atoms with Crippen LogP contribution >= 0.6 is 11.3 Å². The van der Waals surface area contributed by atoms with Gasteiger partial charge in [0.05, 0.1) is 17.2 Å². The first-order valence-corrected chi connectivity index (χ1v) is 12.0. The number of carbonyl (C=O) groups is 1. The maximum absolute atomic E-state index is 13.6. The highest BCUT2D eigenvalue weighted by Gasteiger charge is 2.32. The summed E-state index contributed by atoms with van der Waals surface area (Å²) in [5, 5.41) is 9.93. The van der Waals surface area contributed by atoms with Gasteiger partial charge in [-0.25, -0.2) is 4.98 Å². The predicted octanol–water partition coefficient (Wildman–Crippen LogP) is 6.79. The predicted molar refractivity (Wildman–Crippen MR) is 134 cm³/mol. The molecular formula is C27H21F3N4OS. The zero-order chi connectivity index (χ0) is 25.4. The summed E-state index contributed by atoms with van der Waals surface area (Å²) in [6.45, 7) is 1.77. The molecule has 36 heavy (non-hydrogen) atoms. The van der Waals surface area contributed by atoms with Crippen LogP contribution in [0.2, 0.25) is 0 Å². The number of benzene rings is 3. The average molecular weight is 507 g/mol. The molecule has 0 radical (unpaired) electrons. The third-order valence-corrected chi connectivity index (χ3v) is 7.16. The molecule has 1 N–H and O–H groups in total. The summed E-state index contributed by atoms with van der Waals surface area (Å²) < 4.78 is 42.3. The lowest BCUT2D eigenvalue weighted by atomic mass is 9.87. The maximum atomic E-state index is 13.6. The zero-order valence-electron chi connectivity index (χ0n) is 19.4. The van der Waals surface area contributed by atoms with Crippen LogP contribution in [0.5, 0.6) is 0 Å². The molecule has 2 aromatic heterocycles. The van der Waals surface area contributed by atoms with Crippen molar-refractivity contribution in [2.24, 2.45) is 7.05 Å². The van der Waals surface area contributed by atoms with Crippen LogP contribution in [0.3, 0.4) is 0 Å². The van der Waals surface area contributed by atoms with Crippen molar-refractivity contribution in [3.05, 3.63) is 112 Å². The molecule has 3 aromatic carbocycles. The SMILES string of the molecule is Cc1nc(C(c2cccc(C(F)(F)F)c2)c2cccc3ccccc23)sc1NC(=O)c1ccnn1C. The molecule has 0 aliphatic heterocycles. The molecule has 5 aromatic rings. The van der Waals surface area contributed by atoms with Crippen LogP contribution in [0.15, 0.2) is 79.0 Å². The summed E-state index contributed by atoms with van der Waals surface area (Å²) in [6.07, 6.45) is -2.94. The first-order chi connectivity index (χ1) is 17.2. The third-order valence-electron chi connectivity index (χ3n) is 6.02. The summed E-state index contributed by atoms with van der Waals surface area (Å²) in [4.78, 5) is 17.5. The van der Waals surface area contributed by atoms with Crippen LogP contribution < -0.4 is 5.32 Å². The molecule has 2 heterocycles. The molecule has 0 aliphatic carbocycles. The lowest BCUT2D eigenvalue weighted by Gasteiger charge is -2.19. The molecule has 1 atom stereocenters. The summed E-state index contributed by atoms with van der Waals surface area (Å²) in [6, 6.07) is 20.5. The number of hydrogen-bond acceptors (Lipinski definition) is 4. The van der Waals surface area contributed by atoms with Crippen molar-refractivity contribution in [3.63, 3.8) is 0 Å². The first kappa shape index (κ1) is 23.7. The molecule has 1 unspecified atom stereocenters. The molecule has 5 nitrogen and oxygen atoms in total. The van der Waals surface area contributed by atoms with Gasteiger partial charge in [-0.1, -0.05) is 72.0 Å². The number of amides is 1. The number of carbonyl (C=O) groups excluding carboxylic acids is 1. The van der Waals surface area contributed by atoms with E-state index in [1.54, 1.807) is 26.1 Å². The van der Waals surface area contributed by atoms with Crippen LogP contribution in [0.1, 0.15) is 43.8 Å². The number of anilines is 1. The number of nitrogens with one attached hydrogen (secondary N) is 1. The second-order valence-corrected chi connectivity index (χ2v) is 9.42. The minimum atomic E-state index is -4.47. The van der Waals surface area contributed by atoms with Gasteiger partial charge in [-0.05, 0) is 41.0 Å². The fourth-order valence-corrected chi connectivity index (χ4v) is 5.38. The van der Waals surface area contributed by atoms with Gasteiger partial charge in [-0.15, -0.1) is 0 Å². The van der Waals surface area contributed by atoms with Crippen LogP contribution in [0.4, 0.5) is 18.2 Å². The smallest absolute Gasteiger partial charge is 0.311 e. The second-order valence-electron chi connectivity index (χ2n) is 8.39. The quantitative estimate of drug-likeness (QED) is 0.286. The Morgan fingerprint density at radius 3 is 2.53 bits per heavy atom. The summed E-state index contributed by atoms with van der Waals surface area (Å²) in [7, 11) is 1.67. The summed E-state index contributed by atoms with van der Waals surface area (Å²) in [5.74, 6) is -0.904. The highest BCUT2D eigenvalue weighted by Crippen LogP contribution is 2.41. The summed E-state index contributed by atoms with van der Waals surface area (Å²) >= 11 is 1.26. The highest BCUT2D eigenvalue weighted by molar-refractivity contribution is 7.16. The fourth-order valence-electron chi connectivity index (χ4n) is 4.27. The topological polar surface area (TPSA) is 59.8 Å². The van der Waals surface area contributed by atoms with E-state index in [1.165, 1.54) is 34.3 Å². The number of aryl methyl sites for hydroxylation is 2. The largest absolute Gasteiger partial charge is 0.416 e. The van der Waals surface area contributed by atoms with Gasteiger partial charge in [0.15, 0.2) is 0 Å². The Bertz CT molecular complexity index is 1570. The molecule has 0 fully saturated rings. The van der Waals surface area contributed by atoms with Crippen molar-refractivity contribution in [2.75, 3.05) is 5.32 Å². The van der Waals surface area contributed by atoms with E-state index in [9.17, 15) is 18.0 Å². The number of halogens is 3. The molecule has 182 valence electrons. The van der Waals surface area contributed by atoms with Gasteiger partial charge < -0.3 is 5.32 Å². The Hall–Kier alpha value is -3.98. The number of rotatable bonds is 5. The standard InChI is InChI=1S/C27H21F3N4OS/c1-16-25(33-24(35)22-13-14-31-34(22)2)36-26(32-16)23(18-9-5-10-19(15-18)27(28,29)30)21-12-6-8-17-7-3-4-11-20(17)21/h3-15,23H,1-2H3,(H,33,35). The zero-order valence-corrected chi connectivity index (χ0v) is 20.2. The molecule has 5 rings (SSSR count). The van der Waals surface area contributed by atoms with Crippen molar-refractivity contribution in [1.82, 2.24) is 14.8 Å². The van der Waals surface area contributed by atoms with E-state index in [0.29, 0.717) is 27.0 Å². The lowest BCUT2D eigenvalue weighted by molar-refractivity contribution is -0.137. The fraction of sp³-hybridized carbons (Fsp3) is 0.148. The maximum Gasteiger partial charge on any atom is 0.416 e. The minimum Gasteiger partial charge on any atom is -0.311 e. The Balaban J connectivity index is 1.64. The second kappa shape index (κ2) is 9.23. The van der Waals surface area contributed by atoms with E-state index in [-0.39, 0.29) is 5.91 Å². The minimum absolute atomic E-state index is 0.339. The van der Waals surface area contributed by atoms with E-state index in [1.807, 2.05) is 42.5 Å². The van der Waals surface area contributed by atoms with Crippen LogP contribution in [-0.4, -0.2) is 20.7 Å². The number of thiazole rings is 1. The van der Waals surface area contributed by atoms with Gasteiger partial charge in [0.1, 0.15) is 15.7 Å². The van der Waals surface area contributed by atoms with Gasteiger partial charge in [-0.2, -0.15) is 18.3 Å². The molecule has 0 saturated heterocycles. The highest BCUT2D eigenvalue weighted by atomic mass is 32.1. The number of hydrogen-bond donors (Lipinski definition) is 1. The Morgan fingerprint density at radius 2 is 1.78 bits per heavy atom. The van der Waals surface area contributed by atoms with Gasteiger partial charge in [-0.3, -0.25) is 9.48 Å². The molecular weight excluding hydrogens is 485 g/mol. The van der Waals surface area contributed by atoms with Crippen molar-refractivity contribution in [2.45, 2.75) is 19.0 Å². The van der Waals surface area contributed by atoms with Gasteiger partial charge in [0.2, 0.25) is 0 Å². The van der Waals surface area contributed by atoms with Crippen molar-refractivity contribution >= 4 is 33.0 Å². The third kappa shape index (κ3) is 4.49. The molecule has 0 spiro atoms. The number of alkyl halides is 3. The van der Waals surface area contributed by atoms with E-state index in [4.69, 9.17) is 4.98 Å². The Morgan fingerprint density at radius 1 is 1.03 bits per heavy atom. The van der Waals surface area contributed by atoms with Gasteiger partial charge >= 0.3 is 6.18 Å². The van der Waals surface area contributed by atoms with E-state index >= 15 is 0 Å². The molecule has 0 aliphatic rings. The van der Waals surface area contributed by atoms with E-state index in [2.05, 4.69) is 10.4 Å². The van der Waals surface area contributed by atoms with Gasteiger partial charge in [0, 0.05) is 13.2 Å². The summed E-state index contributed by atoms with van der Waals surface area (Å²) in [5.41, 5.74) is 1.56. The van der Waals surface area contributed by atoms with Crippen LogP contribution in [0.25, 0.3) is 10.8 Å². The number of fused-ring (bicyclic) bond motifs is 1. The molecule has 1 amide bonds. The van der Waals surface area contributed by atoms with Gasteiger partial charge in [0.25, 0.3) is 5.91 Å². The number of nitrogens with zero attached hydrogens (tertiary/aromatic N) is 3. The Labute approximate surface area is 209 Å². The normalized spacial score (nSPS) is 12.6. The van der Waals surface area contributed by atoms with Crippen LogP contribution in [0, 0.1) is 6.92 Å². The van der Waals surface area contributed by atoms with E-state index in [0.717, 1.165) is 22.4 Å². The number of aromatic nitrogens is 3. The first-order valence-electron chi connectivity index (χ1n) is 11.1. The average Bonchev–Trinajstić information content (AvgIpc) is 3.44. The lowest BCUT2D eigenvalue weighted by Crippen LogP contribution is -2.15. The molecule has 0 bridgehead atoms. The Kier molecular flexibility index (Phi) is 6.09. The molecule has 9 heteroatoms. The van der Waals surface area contributed by atoms with Crippen molar-refractivity contribution in [3.8, 4) is 0 Å².